The molecule has 0 unspecified atom stereocenters. The Balaban J connectivity index is 1.40. The van der Waals surface area contributed by atoms with Gasteiger partial charge in [0.05, 0.1) is 6.61 Å². The first-order chi connectivity index (χ1) is 15.6. The molecule has 2 aromatic rings. The second-order valence-electron chi connectivity index (χ2n) is 8.77. The first-order valence-electron chi connectivity index (χ1n) is 11.6. The average molecular weight is 436 g/mol. The fraction of sp³-hybridized carbons (Fsp3) is 0.462. The molecule has 1 fully saturated rings. The van der Waals surface area contributed by atoms with Crippen molar-refractivity contribution in [3.8, 4) is 11.1 Å². The molecule has 2 aliphatic rings. The van der Waals surface area contributed by atoms with Crippen molar-refractivity contribution >= 4 is 11.8 Å². The Bertz CT molecular complexity index is 957. The SMILES string of the molecule is COCCNC(=O)c1ccc(-c2ccc3c(c2)CCN(CCN2CCC[C@H]2C)C3=O)cc1. The Hall–Kier alpha value is -2.70. The number of likely N-dealkylation sites (tertiary alicyclic amines) is 1. The zero-order valence-corrected chi connectivity index (χ0v) is 19.1. The van der Waals surface area contributed by atoms with E-state index in [0.29, 0.717) is 24.8 Å². The zero-order valence-electron chi connectivity index (χ0n) is 19.1. The largest absolute Gasteiger partial charge is 0.383 e. The van der Waals surface area contributed by atoms with Crippen molar-refractivity contribution in [1.29, 1.82) is 0 Å². The van der Waals surface area contributed by atoms with Crippen molar-refractivity contribution in [1.82, 2.24) is 15.1 Å². The average Bonchev–Trinajstić information content (AvgIpc) is 3.23. The Labute approximate surface area is 190 Å². The summed E-state index contributed by atoms with van der Waals surface area (Å²) in [6, 6.07) is 14.3. The van der Waals surface area contributed by atoms with Gasteiger partial charge in [-0.25, -0.2) is 0 Å². The lowest BCUT2D eigenvalue weighted by atomic mass is 9.93. The van der Waals surface area contributed by atoms with Gasteiger partial charge in [-0.1, -0.05) is 24.3 Å². The van der Waals surface area contributed by atoms with E-state index in [4.69, 9.17) is 4.74 Å². The first kappa shape index (κ1) is 22.5. The van der Waals surface area contributed by atoms with Gasteiger partial charge >= 0.3 is 0 Å². The van der Waals surface area contributed by atoms with Gasteiger partial charge in [0.25, 0.3) is 11.8 Å². The molecule has 32 heavy (non-hydrogen) atoms. The van der Waals surface area contributed by atoms with Gasteiger partial charge in [-0.2, -0.15) is 0 Å². The summed E-state index contributed by atoms with van der Waals surface area (Å²) in [6.45, 7) is 6.96. The molecule has 2 heterocycles. The number of rotatable bonds is 8. The van der Waals surface area contributed by atoms with Gasteiger partial charge < -0.3 is 15.0 Å². The van der Waals surface area contributed by atoms with E-state index < -0.39 is 0 Å². The molecule has 0 radical (unpaired) electrons. The Morgan fingerprint density at radius 3 is 2.59 bits per heavy atom. The van der Waals surface area contributed by atoms with Crippen molar-refractivity contribution < 1.29 is 14.3 Å². The second kappa shape index (κ2) is 10.3. The van der Waals surface area contributed by atoms with E-state index in [1.807, 2.05) is 41.3 Å². The van der Waals surface area contributed by atoms with Crippen LogP contribution in [0.15, 0.2) is 42.5 Å². The van der Waals surface area contributed by atoms with Crippen LogP contribution in [0.3, 0.4) is 0 Å². The van der Waals surface area contributed by atoms with E-state index >= 15 is 0 Å². The molecule has 0 saturated carbocycles. The number of benzene rings is 2. The monoisotopic (exact) mass is 435 g/mol. The number of fused-ring (bicyclic) bond motifs is 1. The molecule has 2 amide bonds. The molecule has 0 bridgehead atoms. The van der Waals surface area contributed by atoms with Gasteiger partial charge in [-0.15, -0.1) is 0 Å². The normalized spacial score (nSPS) is 18.6. The van der Waals surface area contributed by atoms with Crippen LogP contribution in [0.1, 0.15) is 46.0 Å². The highest BCUT2D eigenvalue weighted by molar-refractivity contribution is 5.97. The molecule has 2 aliphatic heterocycles. The molecule has 0 aliphatic carbocycles. The highest BCUT2D eigenvalue weighted by Crippen LogP contribution is 2.27. The Morgan fingerprint density at radius 2 is 1.88 bits per heavy atom. The molecule has 4 rings (SSSR count). The van der Waals surface area contributed by atoms with Crippen LogP contribution in [0, 0.1) is 0 Å². The minimum atomic E-state index is -0.104. The topological polar surface area (TPSA) is 61.9 Å². The van der Waals surface area contributed by atoms with Crippen molar-refractivity contribution in [3.05, 3.63) is 59.2 Å². The maximum atomic E-state index is 13.0. The van der Waals surface area contributed by atoms with Crippen LogP contribution in [0.2, 0.25) is 0 Å². The molecule has 1 saturated heterocycles. The van der Waals surface area contributed by atoms with Gasteiger partial charge in [0, 0.05) is 50.5 Å². The van der Waals surface area contributed by atoms with Gasteiger partial charge in [0.1, 0.15) is 0 Å². The Morgan fingerprint density at radius 1 is 1.09 bits per heavy atom. The van der Waals surface area contributed by atoms with Gasteiger partial charge in [-0.3, -0.25) is 14.5 Å². The zero-order chi connectivity index (χ0) is 22.5. The maximum absolute atomic E-state index is 13.0. The number of nitrogens with zero attached hydrogens (tertiary/aromatic N) is 2. The smallest absolute Gasteiger partial charge is 0.254 e. The number of carbonyl (C=O) groups is 2. The molecule has 170 valence electrons. The minimum absolute atomic E-state index is 0.104. The van der Waals surface area contributed by atoms with Crippen molar-refractivity contribution in [2.75, 3.05) is 46.4 Å². The molecule has 1 atom stereocenters. The van der Waals surface area contributed by atoms with E-state index in [0.717, 1.165) is 54.9 Å². The van der Waals surface area contributed by atoms with Crippen LogP contribution < -0.4 is 5.32 Å². The number of ether oxygens (including phenoxy) is 1. The van der Waals surface area contributed by atoms with Crippen LogP contribution in [-0.4, -0.2) is 74.1 Å². The highest BCUT2D eigenvalue weighted by Gasteiger charge is 2.26. The number of methoxy groups -OCH3 is 1. The molecule has 6 heteroatoms. The predicted octanol–water partition coefficient (Wildman–Crippen LogP) is 3.21. The maximum Gasteiger partial charge on any atom is 0.254 e. The molecule has 0 aromatic heterocycles. The summed E-state index contributed by atoms with van der Waals surface area (Å²) in [5.74, 6) is 0.0424. The van der Waals surface area contributed by atoms with Gasteiger partial charge in [-0.05, 0) is 67.6 Å². The third-order valence-electron chi connectivity index (χ3n) is 6.69. The number of nitrogens with one attached hydrogen (secondary N) is 1. The lowest BCUT2D eigenvalue weighted by Gasteiger charge is -2.31. The molecule has 2 aromatic carbocycles. The Kier molecular flexibility index (Phi) is 7.22. The molecule has 1 N–H and O–H groups in total. The summed E-state index contributed by atoms with van der Waals surface area (Å²) in [4.78, 5) is 29.7. The summed E-state index contributed by atoms with van der Waals surface area (Å²) in [5.41, 5.74) is 4.67. The van der Waals surface area contributed by atoms with E-state index in [-0.39, 0.29) is 11.8 Å². The van der Waals surface area contributed by atoms with E-state index in [1.165, 1.54) is 12.8 Å². The van der Waals surface area contributed by atoms with Gasteiger partial charge in [0.2, 0.25) is 0 Å². The van der Waals surface area contributed by atoms with Crippen LogP contribution in [-0.2, 0) is 11.2 Å². The first-order valence-corrected chi connectivity index (χ1v) is 11.6. The van der Waals surface area contributed by atoms with Crippen LogP contribution >= 0.6 is 0 Å². The second-order valence-corrected chi connectivity index (χ2v) is 8.77. The van der Waals surface area contributed by atoms with Crippen LogP contribution in [0.25, 0.3) is 11.1 Å². The molecular weight excluding hydrogens is 402 g/mol. The minimum Gasteiger partial charge on any atom is -0.383 e. The fourth-order valence-electron chi connectivity index (χ4n) is 4.69. The van der Waals surface area contributed by atoms with Crippen LogP contribution in [0.5, 0.6) is 0 Å². The standard InChI is InChI=1S/C26H33N3O3/c1-19-4-3-13-28(19)15-16-29-14-11-23-18-22(9-10-24(23)26(29)31)20-5-7-21(8-6-20)25(30)27-12-17-32-2/h5-10,18-19H,3-4,11-17H2,1-2H3,(H,27,30)/t19-/m1/s1. The van der Waals surface area contributed by atoms with E-state index in [9.17, 15) is 9.59 Å². The summed E-state index contributed by atoms with van der Waals surface area (Å²) in [5, 5.41) is 2.83. The number of carbonyl (C=O) groups excluding carboxylic acids is 2. The fourth-order valence-corrected chi connectivity index (χ4v) is 4.69. The summed E-state index contributed by atoms with van der Waals surface area (Å²) < 4.78 is 4.96. The summed E-state index contributed by atoms with van der Waals surface area (Å²) in [6.07, 6.45) is 3.41. The third-order valence-corrected chi connectivity index (χ3v) is 6.69. The van der Waals surface area contributed by atoms with Crippen LogP contribution in [0.4, 0.5) is 0 Å². The van der Waals surface area contributed by atoms with Crippen molar-refractivity contribution in [2.24, 2.45) is 0 Å². The number of hydrogen-bond acceptors (Lipinski definition) is 4. The van der Waals surface area contributed by atoms with E-state index in [2.05, 4.69) is 23.2 Å². The quantitative estimate of drug-likeness (QED) is 0.647. The molecule has 0 spiro atoms. The molecule has 6 nitrogen and oxygen atoms in total. The van der Waals surface area contributed by atoms with Crippen molar-refractivity contribution in [2.45, 2.75) is 32.2 Å². The summed E-state index contributed by atoms with van der Waals surface area (Å²) in [7, 11) is 1.61. The van der Waals surface area contributed by atoms with Gasteiger partial charge in [0.15, 0.2) is 0 Å². The lowest BCUT2D eigenvalue weighted by Crippen LogP contribution is -2.43. The summed E-state index contributed by atoms with van der Waals surface area (Å²) >= 11 is 0. The van der Waals surface area contributed by atoms with Crippen molar-refractivity contribution in [3.63, 3.8) is 0 Å². The number of hydrogen-bond donors (Lipinski definition) is 1. The molecular formula is C26H33N3O3. The lowest BCUT2D eigenvalue weighted by molar-refractivity contribution is 0.0716. The number of amides is 2. The predicted molar refractivity (Wildman–Crippen MR) is 126 cm³/mol. The van der Waals surface area contributed by atoms with E-state index in [1.54, 1.807) is 7.11 Å². The highest BCUT2D eigenvalue weighted by atomic mass is 16.5. The third kappa shape index (κ3) is 5.03.